The van der Waals surface area contributed by atoms with E-state index in [2.05, 4.69) is 38.6 Å². The molecule has 278 valence electrons. The van der Waals surface area contributed by atoms with Crippen molar-refractivity contribution in [2.45, 2.75) is 83.4 Å². The highest BCUT2D eigenvalue weighted by Gasteiger charge is 2.34. The number of rotatable bonds is 19. The highest BCUT2D eigenvalue weighted by Crippen LogP contribution is 2.30. The number of carbonyl (C=O) groups excluding carboxylic acids is 4. The Bertz CT molecular complexity index is 1630. The van der Waals surface area contributed by atoms with Gasteiger partial charge in [0.15, 0.2) is 0 Å². The van der Waals surface area contributed by atoms with E-state index >= 15 is 0 Å². The molecule has 16 heteroatoms. The third kappa shape index (κ3) is 11.6. The van der Waals surface area contributed by atoms with Crippen molar-refractivity contribution >= 4 is 68.7 Å². The van der Waals surface area contributed by atoms with Crippen LogP contribution in [0.1, 0.15) is 54.4 Å². The molecule has 4 amide bonds. The van der Waals surface area contributed by atoms with Gasteiger partial charge in [-0.3, -0.25) is 19.2 Å². The van der Waals surface area contributed by atoms with Crippen molar-refractivity contribution in [1.82, 2.24) is 26.0 Å². The third-order valence-corrected chi connectivity index (χ3v) is 10.1. The van der Waals surface area contributed by atoms with Gasteiger partial charge in [-0.05, 0) is 36.3 Å². The van der Waals surface area contributed by atoms with Gasteiger partial charge in [0.1, 0.15) is 24.2 Å². The molecule has 0 radical (unpaired) electrons. The number of amides is 4. The summed E-state index contributed by atoms with van der Waals surface area (Å²) in [6.45, 7) is 9.93. The third-order valence-electron chi connectivity index (χ3n) is 8.25. The lowest BCUT2D eigenvalue weighted by molar-refractivity contribution is -0.143. The maximum absolute atomic E-state index is 13.5. The molecule has 5 atom stereocenters. The minimum absolute atomic E-state index is 0.00478. The molecule has 0 aliphatic heterocycles. The van der Waals surface area contributed by atoms with Crippen LogP contribution in [0, 0.1) is 17.8 Å². The van der Waals surface area contributed by atoms with Gasteiger partial charge in [-0.2, -0.15) is 12.6 Å². The van der Waals surface area contributed by atoms with Crippen molar-refractivity contribution in [3.05, 3.63) is 36.4 Å². The van der Waals surface area contributed by atoms with Crippen LogP contribution < -0.4 is 30.9 Å². The fourth-order valence-electron chi connectivity index (χ4n) is 5.25. The molecule has 50 heavy (non-hydrogen) atoms. The van der Waals surface area contributed by atoms with Crippen LogP contribution in [0.4, 0.5) is 5.69 Å². The molecule has 0 unspecified atom stereocenters. The first kappa shape index (κ1) is 42.3. The predicted octanol–water partition coefficient (Wildman–Crippen LogP) is 1.89. The first-order chi connectivity index (χ1) is 23.3. The first-order valence-electron chi connectivity index (χ1n) is 16.6. The van der Waals surface area contributed by atoms with E-state index < -0.39 is 76.3 Å². The van der Waals surface area contributed by atoms with E-state index in [0.717, 1.165) is 5.69 Å². The molecule has 0 aromatic heterocycles. The van der Waals surface area contributed by atoms with Crippen molar-refractivity contribution < 1.29 is 37.5 Å². The molecule has 2 aromatic rings. The van der Waals surface area contributed by atoms with Crippen LogP contribution in [0.3, 0.4) is 0 Å². The number of carbonyl (C=O) groups is 5. The number of fused-ring (bicyclic) bond motifs is 1. The summed E-state index contributed by atoms with van der Waals surface area (Å²) in [4.78, 5) is 66.4. The average molecular weight is 737 g/mol. The van der Waals surface area contributed by atoms with Crippen LogP contribution in [-0.2, 0) is 34.0 Å². The molecule has 6 N–H and O–H groups in total. The number of anilines is 1. The van der Waals surface area contributed by atoms with Gasteiger partial charge in [-0.15, -0.1) is 0 Å². The predicted molar refractivity (Wildman–Crippen MR) is 196 cm³/mol. The minimum Gasteiger partial charge on any atom is -0.480 e. The van der Waals surface area contributed by atoms with E-state index in [0.29, 0.717) is 17.2 Å². The van der Waals surface area contributed by atoms with Gasteiger partial charge in [0.2, 0.25) is 33.7 Å². The molecule has 2 rings (SSSR count). The number of carboxylic acids is 1. The molecular formula is C34H52N6O8S2. The topological polar surface area (TPSA) is 203 Å². The number of aliphatic carboxylic acids is 1. The largest absolute Gasteiger partial charge is 0.480 e. The van der Waals surface area contributed by atoms with Gasteiger partial charge in [0.25, 0.3) is 0 Å². The lowest BCUT2D eigenvalue weighted by Crippen LogP contribution is -2.60. The van der Waals surface area contributed by atoms with Crippen molar-refractivity contribution in [1.29, 1.82) is 0 Å². The summed E-state index contributed by atoms with van der Waals surface area (Å²) in [7, 11) is -0.452. The second kappa shape index (κ2) is 18.9. The van der Waals surface area contributed by atoms with Gasteiger partial charge < -0.3 is 31.3 Å². The fraction of sp³-hybridized carbons (Fsp3) is 0.559. The summed E-state index contributed by atoms with van der Waals surface area (Å²) in [6, 6.07) is 5.56. The first-order valence-corrected chi connectivity index (χ1v) is 18.7. The van der Waals surface area contributed by atoms with Gasteiger partial charge in [-0.25, -0.2) is 17.9 Å². The summed E-state index contributed by atoms with van der Waals surface area (Å²) in [5, 5.41) is 21.1. The van der Waals surface area contributed by atoms with Crippen LogP contribution in [0.2, 0.25) is 0 Å². The summed E-state index contributed by atoms with van der Waals surface area (Å²) in [5.41, 5.74) is 0.820. The maximum Gasteiger partial charge on any atom is 0.326 e. The van der Waals surface area contributed by atoms with E-state index in [1.807, 2.05) is 45.8 Å². The molecule has 0 saturated heterocycles. The number of benzene rings is 2. The summed E-state index contributed by atoms with van der Waals surface area (Å²) >= 11 is 4.18. The molecule has 0 bridgehead atoms. The summed E-state index contributed by atoms with van der Waals surface area (Å²) in [6.07, 6.45) is 0.695. The Morgan fingerprint density at radius 2 is 1.38 bits per heavy atom. The lowest BCUT2D eigenvalue weighted by atomic mass is 9.95. The number of nitrogens with one attached hydrogen (secondary N) is 5. The Balaban J connectivity index is 2.14. The van der Waals surface area contributed by atoms with Crippen molar-refractivity contribution in [3.63, 3.8) is 0 Å². The number of hydrogen-bond donors (Lipinski definition) is 7. The lowest BCUT2D eigenvalue weighted by Gasteiger charge is -2.30. The standard InChI is InChI=1S/C34H52N6O8S2/c1-9-21(6)30(33(44)37-24(34(45)46)16-19(2)3)39-32(43)29(20(4)5)38-31(42)25(18-49)36-28(41)17-35-50(47,48)27-15-11-12-22-23(27)13-10-14-26(22)40(7)8/h10-15,19-21,24-25,29-30,35,49H,9,16-18H2,1-8H3,(H,36,41)(H,37,44)(H,38,42)(H,39,43)(H,45,46)/t21-,24-,25-,29-,30-/m0/s1. The Hall–Kier alpha value is -3.89. The monoisotopic (exact) mass is 736 g/mol. The van der Waals surface area contributed by atoms with Gasteiger partial charge >= 0.3 is 5.97 Å². The Labute approximate surface area is 300 Å². The zero-order valence-electron chi connectivity index (χ0n) is 29.9. The normalized spacial score (nSPS) is 14.7. The number of hydrogen-bond acceptors (Lipinski definition) is 9. The van der Waals surface area contributed by atoms with E-state index in [4.69, 9.17) is 0 Å². The second-order valence-corrected chi connectivity index (χ2v) is 15.4. The van der Waals surface area contributed by atoms with E-state index in [-0.39, 0.29) is 28.9 Å². The van der Waals surface area contributed by atoms with Crippen molar-refractivity contribution in [3.8, 4) is 0 Å². The van der Waals surface area contributed by atoms with Crippen LogP contribution in [-0.4, -0.2) is 93.7 Å². The van der Waals surface area contributed by atoms with Crippen LogP contribution in [0.5, 0.6) is 0 Å². The van der Waals surface area contributed by atoms with Crippen molar-refractivity contribution in [2.24, 2.45) is 17.8 Å². The number of nitrogens with zero attached hydrogens (tertiary/aromatic N) is 1. The van der Waals surface area contributed by atoms with Crippen LogP contribution >= 0.6 is 12.6 Å². The minimum atomic E-state index is -4.14. The van der Waals surface area contributed by atoms with Gasteiger partial charge in [-0.1, -0.05) is 72.2 Å². The Morgan fingerprint density at radius 1 is 0.800 bits per heavy atom. The molecule has 0 spiro atoms. The van der Waals surface area contributed by atoms with Crippen molar-refractivity contribution in [2.75, 3.05) is 31.3 Å². The molecule has 0 fully saturated rings. The van der Waals surface area contributed by atoms with E-state index in [1.54, 1.807) is 45.0 Å². The highest BCUT2D eigenvalue weighted by atomic mass is 32.2. The maximum atomic E-state index is 13.5. The summed E-state index contributed by atoms with van der Waals surface area (Å²) < 4.78 is 28.8. The van der Waals surface area contributed by atoms with E-state index in [9.17, 15) is 37.5 Å². The molecule has 0 aliphatic rings. The number of carboxylic acid groups (broad SMARTS) is 1. The number of sulfonamides is 1. The highest BCUT2D eigenvalue weighted by molar-refractivity contribution is 7.89. The fourth-order valence-corrected chi connectivity index (χ4v) is 6.71. The number of thiol groups is 1. The molecule has 14 nitrogen and oxygen atoms in total. The SMILES string of the molecule is CC[C@H](C)[C@H](NC(=O)[C@@H](NC(=O)[C@H](CS)NC(=O)CNS(=O)(=O)c1cccc2c(N(C)C)cccc12)C(C)C)C(=O)N[C@@H](CC(C)C)C(=O)O. The molecular weight excluding hydrogens is 685 g/mol. The summed E-state index contributed by atoms with van der Waals surface area (Å²) in [5.74, 6) is -5.06. The van der Waals surface area contributed by atoms with Gasteiger partial charge in [0.05, 0.1) is 11.4 Å². The molecule has 0 heterocycles. The Kier molecular flexibility index (Phi) is 16.0. The second-order valence-electron chi connectivity index (χ2n) is 13.3. The quantitative estimate of drug-likeness (QED) is 0.105. The van der Waals surface area contributed by atoms with Gasteiger partial charge in [0, 0.05) is 36.3 Å². The van der Waals surface area contributed by atoms with E-state index in [1.165, 1.54) is 6.07 Å². The molecule has 0 saturated carbocycles. The zero-order valence-corrected chi connectivity index (χ0v) is 31.7. The van der Waals surface area contributed by atoms with Crippen LogP contribution in [0.15, 0.2) is 41.3 Å². The Morgan fingerprint density at radius 3 is 1.92 bits per heavy atom. The zero-order chi connectivity index (χ0) is 37.9. The molecule has 2 aromatic carbocycles. The molecule has 0 aliphatic carbocycles. The van der Waals surface area contributed by atoms with Crippen LogP contribution in [0.25, 0.3) is 10.8 Å². The average Bonchev–Trinajstić information content (AvgIpc) is 3.05. The smallest absolute Gasteiger partial charge is 0.326 e.